The van der Waals surface area contributed by atoms with Crippen molar-refractivity contribution in [2.45, 2.75) is 31.7 Å². The molecule has 0 radical (unpaired) electrons. The molecule has 0 heterocycles. The zero-order valence-corrected chi connectivity index (χ0v) is 9.11. The summed E-state index contributed by atoms with van der Waals surface area (Å²) in [5.41, 5.74) is 0.612. The van der Waals surface area contributed by atoms with Gasteiger partial charge in [0.15, 0.2) is 5.78 Å². The van der Waals surface area contributed by atoms with Gasteiger partial charge in [0.05, 0.1) is 6.04 Å². The number of hydrogen-bond acceptors (Lipinski definition) is 2. The third-order valence-corrected chi connectivity index (χ3v) is 2.90. The highest BCUT2D eigenvalue weighted by Crippen LogP contribution is 2.14. The molecule has 84 valence electrons. The molecule has 3 heteroatoms. The molecule has 1 aromatic carbocycles. The molecule has 1 N–H and O–H groups in total. The largest absolute Gasteiger partial charge is 0.342 e. The fourth-order valence-electron chi connectivity index (χ4n) is 1.97. The van der Waals surface area contributed by atoms with E-state index in [0.717, 1.165) is 19.3 Å². The molecule has 0 saturated heterocycles. The fraction of sp³-hybridized carbons (Fsp3) is 0.385. The first-order valence-electron chi connectivity index (χ1n) is 5.66. The molecule has 0 aromatic heterocycles. The first-order chi connectivity index (χ1) is 7.77. The van der Waals surface area contributed by atoms with Crippen LogP contribution >= 0.6 is 0 Å². The Balaban J connectivity index is 1.99. The molecule has 1 saturated carbocycles. The predicted octanol–water partition coefficient (Wildman–Crippen LogP) is 1.93. The molecule has 16 heavy (non-hydrogen) atoms. The average molecular weight is 217 g/mol. The highest BCUT2D eigenvalue weighted by molar-refractivity contribution is 5.98. The zero-order chi connectivity index (χ0) is 11.4. The van der Waals surface area contributed by atoms with E-state index < -0.39 is 0 Å². The molecular weight excluding hydrogens is 202 g/mol. The lowest BCUT2D eigenvalue weighted by atomic mass is 9.94. The fourth-order valence-corrected chi connectivity index (χ4v) is 1.97. The van der Waals surface area contributed by atoms with Crippen molar-refractivity contribution < 1.29 is 9.59 Å². The lowest BCUT2D eigenvalue weighted by Crippen LogP contribution is -2.42. The first kappa shape index (κ1) is 10.9. The van der Waals surface area contributed by atoms with E-state index in [9.17, 15) is 9.59 Å². The van der Waals surface area contributed by atoms with Crippen molar-refractivity contribution in [1.29, 1.82) is 0 Å². The number of hydrogen-bond donors (Lipinski definition) is 1. The molecule has 1 aliphatic rings. The Morgan fingerprint density at radius 3 is 2.62 bits per heavy atom. The van der Waals surface area contributed by atoms with Gasteiger partial charge < -0.3 is 5.32 Å². The summed E-state index contributed by atoms with van der Waals surface area (Å²) in [4.78, 5) is 23.3. The third kappa shape index (κ3) is 2.48. The molecule has 1 aromatic rings. The number of Topliss-reactive ketones (excluding diaryl/α,β-unsaturated/α-hetero) is 1. The van der Waals surface area contributed by atoms with Crippen molar-refractivity contribution in [2.24, 2.45) is 0 Å². The van der Waals surface area contributed by atoms with Crippen LogP contribution in [0, 0.1) is 0 Å². The van der Waals surface area contributed by atoms with E-state index in [2.05, 4.69) is 5.32 Å². The Morgan fingerprint density at radius 1 is 1.19 bits per heavy atom. The summed E-state index contributed by atoms with van der Waals surface area (Å²) in [6.45, 7) is 0. The Morgan fingerprint density at radius 2 is 1.94 bits per heavy atom. The molecule has 1 aliphatic carbocycles. The lowest BCUT2D eigenvalue weighted by Gasteiger charge is -2.21. The Labute approximate surface area is 94.9 Å². The molecule has 0 spiro atoms. The van der Waals surface area contributed by atoms with E-state index in [4.69, 9.17) is 0 Å². The Bertz CT molecular complexity index is 386. The van der Waals surface area contributed by atoms with Gasteiger partial charge in [-0.25, -0.2) is 0 Å². The van der Waals surface area contributed by atoms with Crippen molar-refractivity contribution in [3.63, 3.8) is 0 Å². The van der Waals surface area contributed by atoms with E-state index in [-0.39, 0.29) is 17.7 Å². The van der Waals surface area contributed by atoms with Crippen LogP contribution in [-0.2, 0) is 4.79 Å². The van der Waals surface area contributed by atoms with Gasteiger partial charge >= 0.3 is 0 Å². The number of amides is 1. The number of ketones is 1. The van der Waals surface area contributed by atoms with E-state index in [1.54, 1.807) is 12.1 Å². The van der Waals surface area contributed by atoms with Gasteiger partial charge in [0.1, 0.15) is 0 Å². The lowest BCUT2D eigenvalue weighted by molar-refractivity contribution is -0.122. The highest BCUT2D eigenvalue weighted by Gasteiger charge is 2.23. The van der Waals surface area contributed by atoms with Crippen molar-refractivity contribution in [2.75, 3.05) is 0 Å². The molecule has 2 rings (SSSR count). The van der Waals surface area contributed by atoms with Gasteiger partial charge in [-0.05, 0) is 25.0 Å². The van der Waals surface area contributed by atoms with Crippen LogP contribution < -0.4 is 5.32 Å². The summed E-state index contributed by atoms with van der Waals surface area (Å²) >= 11 is 0. The summed E-state index contributed by atoms with van der Waals surface area (Å²) in [7, 11) is 0. The summed E-state index contributed by atoms with van der Waals surface area (Å²) in [6.07, 6.45) is 3.35. The van der Waals surface area contributed by atoms with Gasteiger partial charge in [-0.15, -0.1) is 0 Å². The molecular formula is C13H15NO2. The molecule has 1 fully saturated rings. The van der Waals surface area contributed by atoms with Crippen LogP contribution in [0.4, 0.5) is 0 Å². The van der Waals surface area contributed by atoms with E-state index in [1.165, 1.54) is 0 Å². The van der Waals surface area contributed by atoms with Crippen molar-refractivity contribution in [1.82, 2.24) is 5.32 Å². The molecule has 1 atom stereocenters. The minimum Gasteiger partial charge on any atom is -0.342 e. The van der Waals surface area contributed by atoms with E-state index in [0.29, 0.717) is 12.0 Å². The monoisotopic (exact) mass is 217 g/mol. The molecule has 0 aliphatic heterocycles. The minimum absolute atomic E-state index is 0.152. The third-order valence-electron chi connectivity index (χ3n) is 2.90. The van der Waals surface area contributed by atoms with E-state index >= 15 is 0 Å². The molecule has 1 amide bonds. The maximum Gasteiger partial charge on any atom is 0.251 e. The minimum atomic E-state index is -0.276. The van der Waals surface area contributed by atoms with Crippen LogP contribution in [0.3, 0.4) is 0 Å². The van der Waals surface area contributed by atoms with Crippen molar-refractivity contribution in [3.05, 3.63) is 35.9 Å². The van der Waals surface area contributed by atoms with Crippen LogP contribution in [0.5, 0.6) is 0 Å². The quantitative estimate of drug-likeness (QED) is 0.822. The number of carbonyl (C=O) groups excluding carboxylic acids is 2. The van der Waals surface area contributed by atoms with Gasteiger partial charge in [0.25, 0.3) is 5.91 Å². The number of rotatable bonds is 2. The Kier molecular flexibility index (Phi) is 3.34. The van der Waals surface area contributed by atoms with Crippen LogP contribution in [0.1, 0.15) is 36.0 Å². The first-order valence-corrected chi connectivity index (χ1v) is 5.66. The van der Waals surface area contributed by atoms with Gasteiger partial charge in [-0.1, -0.05) is 24.6 Å². The van der Waals surface area contributed by atoms with Crippen LogP contribution in [0.25, 0.3) is 0 Å². The molecule has 3 nitrogen and oxygen atoms in total. The van der Waals surface area contributed by atoms with Gasteiger partial charge in [0, 0.05) is 12.0 Å². The Hall–Kier alpha value is -1.64. The van der Waals surface area contributed by atoms with Crippen LogP contribution in [0.2, 0.25) is 0 Å². The van der Waals surface area contributed by atoms with Gasteiger partial charge in [-0.3, -0.25) is 9.59 Å². The maximum absolute atomic E-state index is 11.8. The molecule has 0 bridgehead atoms. The topological polar surface area (TPSA) is 46.2 Å². The molecule has 1 unspecified atom stereocenters. The zero-order valence-electron chi connectivity index (χ0n) is 9.11. The second-order valence-corrected chi connectivity index (χ2v) is 4.10. The second-order valence-electron chi connectivity index (χ2n) is 4.10. The standard InChI is InChI=1S/C13H15NO2/c15-12-9-5-4-8-11(12)14-13(16)10-6-2-1-3-7-10/h1-3,6-7,11H,4-5,8-9H2,(H,14,16). The van der Waals surface area contributed by atoms with Gasteiger partial charge in [0.2, 0.25) is 0 Å². The van der Waals surface area contributed by atoms with E-state index in [1.807, 2.05) is 18.2 Å². The van der Waals surface area contributed by atoms with Crippen LogP contribution in [-0.4, -0.2) is 17.7 Å². The number of carbonyl (C=O) groups is 2. The SMILES string of the molecule is O=C(NC1CCCCC1=O)c1ccccc1. The van der Waals surface area contributed by atoms with Gasteiger partial charge in [-0.2, -0.15) is 0 Å². The van der Waals surface area contributed by atoms with Crippen LogP contribution in [0.15, 0.2) is 30.3 Å². The average Bonchev–Trinajstić information content (AvgIpc) is 2.33. The summed E-state index contributed by atoms with van der Waals surface area (Å²) in [6, 6.07) is 8.73. The van der Waals surface area contributed by atoms with Crippen molar-refractivity contribution in [3.8, 4) is 0 Å². The normalized spacial score (nSPS) is 20.5. The predicted molar refractivity (Wildman–Crippen MR) is 61.2 cm³/mol. The number of benzene rings is 1. The number of nitrogens with one attached hydrogen (secondary N) is 1. The summed E-state index contributed by atoms with van der Waals surface area (Å²) in [5.74, 6) is 0.0105. The summed E-state index contributed by atoms with van der Waals surface area (Å²) in [5, 5.41) is 2.80. The summed E-state index contributed by atoms with van der Waals surface area (Å²) < 4.78 is 0. The van der Waals surface area contributed by atoms with Crippen molar-refractivity contribution >= 4 is 11.7 Å². The highest BCUT2D eigenvalue weighted by atomic mass is 16.2. The maximum atomic E-state index is 11.8. The smallest absolute Gasteiger partial charge is 0.251 e. The second kappa shape index (κ2) is 4.92.